The molecule has 28 heavy (non-hydrogen) atoms. The third-order valence-electron chi connectivity index (χ3n) is 9.40. The van der Waals surface area contributed by atoms with Crippen LogP contribution in [-0.4, -0.2) is 23.2 Å². The lowest BCUT2D eigenvalue weighted by molar-refractivity contribution is -0.0508. The van der Waals surface area contributed by atoms with Crippen LogP contribution < -0.4 is 0 Å². The number of nitrogens with zero attached hydrogens (tertiary/aromatic N) is 1. The molecule has 4 aliphatic carbocycles. The van der Waals surface area contributed by atoms with Gasteiger partial charge >= 0.3 is 0 Å². The van der Waals surface area contributed by atoms with Gasteiger partial charge in [0.25, 0.3) is 0 Å². The van der Waals surface area contributed by atoms with Gasteiger partial charge in [0, 0.05) is 7.11 Å². The molecule has 3 nitrogen and oxygen atoms in total. The molecule has 0 aliphatic heterocycles. The molecule has 0 spiro atoms. The van der Waals surface area contributed by atoms with Crippen molar-refractivity contribution in [2.24, 2.45) is 34.5 Å². The summed E-state index contributed by atoms with van der Waals surface area (Å²) in [6, 6.07) is 0. The van der Waals surface area contributed by atoms with Crippen LogP contribution in [-0.2, 0) is 4.74 Å². The van der Waals surface area contributed by atoms with Crippen LogP contribution in [0.4, 0.5) is 0 Å². The van der Waals surface area contributed by atoms with Crippen LogP contribution >= 0.6 is 0 Å². The first-order valence-corrected chi connectivity index (χ1v) is 11.4. The van der Waals surface area contributed by atoms with Crippen molar-refractivity contribution in [3.63, 3.8) is 0 Å². The van der Waals surface area contributed by atoms with E-state index >= 15 is 0 Å². The van der Waals surface area contributed by atoms with Crippen LogP contribution in [0, 0.1) is 34.5 Å². The third kappa shape index (κ3) is 2.47. The summed E-state index contributed by atoms with van der Waals surface area (Å²) in [5.74, 6) is 3.14. The van der Waals surface area contributed by atoms with Gasteiger partial charge in [-0.05, 0) is 85.0 Å². The van der Waals surface area contributed by atoms with Gasteiger partial charge < -0.3 is 9.72 Å². The molecule has 0 radical (unpaired) electrons. The Hall–Kier alpha value is -1.35. The highest BCUT2D eigenvalue weighted by Crippen LogP contribution is 2.67. The minimum absolute atomic E-state index is 0.298. The predicted octanol–water partition coefficient (Wildman–Crippen LogP) is 6.02. The quantitative estimate of drug-likeness (QED) is 0.651. The first-order chi connectivity index (χ1) is 13.5. The first-order valence-electron chi connectivity index (χ1n) is 11.4. The molecule has 2 saturated carbocycles. The summed E-state index contributed by atoms with van der Waals surface area (Å²) in [4.78, 5) is 7.70. The Kier molecular flexibility index (Phi) is 4.39. The van der Waals surface area contributed by atoms with Gasteiger partial charge in [-0.1, -0.05) is 38.5 Å². The van der Waals surface area contributed by atoms with Crippen molar-refractivity contribution in [2.45, 2.75) is 71.8 Å². The zero-order chi connectivity index (χ0) is 19.5. The summed E-state index contributed by atoms with van der Waals surface area (Å²) in [5, 5.41) is 0. The standard InChI is InChI=1S/C25H36N2O/c1-5-16-12-17-13-18(28-4)8-10-24(17,2)21-9-11-25(3)19(22-14-26-15-27-22)6-7-20(25)23(16)21/h6,12,14-16,18,20-21,23H,5,7-11,13H2,1-4H3,(H,26,27)/t16?,18?,20-,21+,23-,24-,25+/m0/s1. The Morgan fingerprint density at radius 2 is 2.00 bits per heavy atom. The largest absolute Gasteiger partial charge is 0.381 e. The topological polar surface area (TPSA) is 37.9 Å². The molecule has 1 N–H and O–H groups in total. The minimum Gasteiger partial charge on any atom is -0.381 e. The summed E-state index contributed by atoms with van der Waals surface area (Å²) >= 11 is 0. The summed E-state index contributed by atoms with van der Waals surface area (Å²) in [6.45, 7) is 7.54. The summed E-state index contributed by atoms with van der Waals surface area (Å²) < 4.78 is 5.77. The fourth-order valence-electron chi connectivity index (χ4n) is 7.77. The second-order valence-electron chi connectivity index (χ2n) is 10.3. The number of allylic oxidation sites excluding steroid dienone is 3. The number of aromatic nitrogens is 2. The van der Waals surface area contributed by atoms with Crippen LogP contribution in [0.1, 0.15) is 71.4 Å². The van der Waals surface area contributed by atoms with Gasteiger partial charge in [-0.3, -0.25) is 0 Å². The van der Waals surface area contributed by atoms with Gasteiger partial charge in [0.2, 0.25) is 0 Å². The monoisotopic (exact) mass is 380 g/mol. The molecular formula is C25H36N2O. The molecule has 2 unspecified atom stereocenters. The molecule has 0 saturated heterocycles. The highest BCUT2D eigenvalue weighted by molar-refractivity contribution is 5.70. The lowest BCUT2D eigenvalue weighted by Gasteiger charge is -2.60. The Bertz CT molecular complexity index is 793. The second-order valence-corrected chi connectivity index (χ2v) is 10.3. The van der Waals surface area contributed by atoms with Gasteiger partial charge in [-0.2, -0.15) is 0 Å². The number of aromatic amines is 1. The zero-order valence-corrected chi connectivity index (χ0v) is 18.0. The molecular weight excluding hydrogens is 344 g/mol. The van der Waals surface area contributed by atoms with E-state index in [1.165, 1.54) is 49.8 Å². The molecule has 1 aromatic heterocycles. The van der Waals surface area contributed by atoms with Crippen LogP contribution in [0.15, 0.2) is 30.2 Å². The summed E-state index contributed by atoms with van der Waals surface area (Å²) in [5.41, 5.74) is 5.19. The second kappa shape index (κ2) is 6.58. The van der Waals surface area contributed by atoms with Gasteiger partial charge in [-0.15, -0.1) is 0 Å². The predicted molar refractivity (Wildman–Crippen MR) is 114 cm³/mol. The van der Waals surface area contributed by atoms with Gasteiger partial charge in [0.15, 0.2) is 0 Å². The van der Waals surface area contributed by atoms with Crippen LogP contribution in [0.3, 0.4) is 0 Å². The molecule has 2 fully saturated rings. The van der Waals surface area contributed by atoms with Crippen LogP contribution in [0.5, 0.6) is 0 Å². The van der Waals surface area contributed by atoms with Gasteiger partial charge in [-0.25, -0.2) is 4.98 Å². The first kappa shape index (κ1) is 18.7. The number of fused-ring (bicyclic) bond motifs is 5. The summed E-state index contributed by atoms with van der Waals surface area (Å²) in [7, 11) is 1.89. The number of imidazole rings is 1. The lowest BCUT2D eigenvalue weighted by Crippen LogP contribution is -2.52. The molecule has 0 amide bonds. The number of nitrogens with one attached hydrogen (secondary N) is 1. The van der Waals surface area contributed by atoms with Crippen LogP contribution in [0.2, 0.25) is 0 Å². The lowest BCUT2D eigenvalue weighted by atomic mass is 9.45. The Balaban J connectivity index is 1.52. The van der Waals surface area contributed by atoms with Crippen molar-refractivity contribution in [3.05, 3.63) is 35.9 Å². The fourth-order valence-corrected chi connectivity index (χ4v) is 7.77. The molecule has 7 atom stereocenters. The molecule has 0 aromatic carbocycles. The van der Waals surface area contributed by atoms with E-state index < -0.39 is 0 Å². The number of ether oxygens (including phenoxy) is 1. The molecule has 5 rings (SSSR count). The van der Waals surface area contributed by atoms with Crippen molar-refractivity contribution in [2.75, 3.05) is 7.11 Å². The number of hydrogen-bond donors (Lipinski definition) is 1. The van der Waals surface area contributed by atoms with Crippen molar-refractivity contribution in [1.82, 2.24) is 9.97 Å². The van der Waals surface area contributed by atoms with E-state index in [1.54, 1.807) is 5.57 Å². The molecule has 152 valence electrons. The number of hydrogen-bond acceptors (Lipinski definition) is 2. The smallest absolute Gasteiger partial charge is 0.0924 e. The van der Waals surface area contributed by atoms with E-state index in [1.807, 2.05) is 19.6 Å². The highest BCUT2D eigenvalue weighted by Gasteiger charge is 2.58. The fraction of sp³-hybridized carbons (Fsp3) is 0.720. The van der Waals surface area contributed by atoms with Crippen molar-refractivity contribution in [1.29, 1.82) is 0 Å². The molecule has 4 aliphatic rings. The maximum absolute atomic E-state index is 5.77. The Morgan fingerprint density at radius 1 is 1.18 bits per heavy atom. The van der Waals surface area contributed by atoms with Crippen molar-refractivity contribution >= 4 is 5.57 Å². The molecule has 1 aromatic rings. The zero-order valence-electron chi connectivity index (χ0n) is 18.0. The third-order valence-corrected chi connectivity index (χ3v) is 9.40. The molecule has 0 bridgehead atoms. The average molecular weight is 381 g/mol. The van der Waals surface area contributed by atoms with Crippen molar-refractivity contribution in [3.8, 4) is 0 Å². The highest BCUT2D eigenvalue weighted by atomic mass is 16.5. The normalized spacial score (nSPS) is 44.9. The minimum atomic E-state index is 0.298. The van der Waals surface area contributed by atoms with E-state index in [9.17, 15) is 0 Å². The van der Waals surface area contributed by atoms with E-state index in [-0.39, 0.29) is 0 Å². The number of rotatable bonds is 3. The van der Waals surface area contributed by atoms with E-state index in [4.69, 9.17) is 4.74 Å². The number of methoxy groups -OCH3 is 1. The van der Waals surface area contributed by atoms with E-state index in [0.717, 1.165) is 30.1 Å². The molecule has 3 heteroatoms. The van der Waals surface area contributed by atoms with E-state index in [2.05, 4.69) is 42.9 Å². The summed E-state index contributed by atoms with van der Waals surface area (Å²) in [6.07, 6.45) is 18.4. The number of H-pyrrole nitrogens is 1. The van der Waals surface area contributed by atoms with Gasteiger partial charge in [0.1, 0.15) is 0 Å². The Morgan fingerprint density at radius 3 is 2.71 bits per heavy atom. The maximum atomic E-state index is 5.77. The Labute approximate surface area is 170 Å². The van der Waals surface area contributed by atoms with E-state index in [0.29, 0.717) is 16.9 Å². The van der Waals surface area contributed by atoms with Crippen molar-refractivity contribution < 1.29 is 4.74 Å². The molecule has 1 heterocycles. The van der Waals surface area contributed by atoms with Crippen LogP contribution in [0.25, 0.3) is 5.57 Å². The van der Waals surface area contributed by atoms with Gasteiger partial charge in [0.05, 0.1) is 24.3 Å². The maximum Gasteiger partial charge on any atom is 0.0924 e. The average Bonchev–Trinajstić information content (AvgIpc) is 3.33. The SMILES string of the molecule is CCC1C=C2CC(OC)CC[C@]2(C)[C@@H]2CC[C@]3(C)C(c4cnc[nH]4)=CC[C@H]3[C@H]12.